The van der Waals surface area contributed by atoms with Crippen LogP contribution in [-0.2, 0) is 21.2 Å². The van der Waals surface area contributed by atoms with Crippen molar-refractivity contribution in [3.8, 4) is 11.5 Å². The number of sulfonamides is 1. The topological polar surface area (TPSA) is 98.9 Å². The third-order valence-corrected chi connectivity index (χ3v) is 7.20. The summed E-state index contributed by atoms with van der Waals surface area (Å²) < 4.78 is 66.1. The Balaban J connectivity index is 1.65. The molecule has 10 heteroatoms. The summed E-state index contributed by atoms with van der Waals surface area (Å²) >= 11 is 0. The van der Waals surface area contributed by atoms with Crippen molar-refractivity contribution in [3.63, 3.8) is 0 Å². The number of aryl methyl sites for hydroxylation is 1. The van der Waals surface area contributed by atoms with Crippen molar-refractivity contribution in [1.29, 1.82) is 0 Å². The fourth-order valence-corrected chi connectivity index (χ4v) is 5.24. The molecule has 1 heterocycles. The summed E-state index contributed by atoms with van der Waals surface area (Å²) in [6.07, 6.45) is -2.52. The van der Waals surface area contributed by atoms with Gasteiger partial charge in [-0.2, -0.15) is 4.31 Å². The Kier molecular flexibility index (Phi) is 6.05. The van der Waals surface area contributed by atoms with Crippen LogP contribution in [0, 0.1) is 18.6 Å². The third-order valence-electron chi connectivity index (χ3n) is 5.34. The quantitative estimate of drug-likeness (QED) is 0.591. The lowest BCUT2D eigenvalue weighted by Gasteiger charge is -2.35. The Morgan fingerprint density at radius 3 is 2.21 bits per heavy atom. The zero-order valence-corrected chi connectivity index (χ0v) is 18.3. The smallest absolute Gasteiger partial charge is 0.406 e. The molecule has 3 aromatic carbocycles. The molecule has 0 saturated heterocycles. The Morgan fingerprint density at radius 2 is 1.61 bits per heavy atom. The molecule has 1 aliphatic heterocycles. The number of carbonyl (C=O) groups excluding carboxylic acids is 1. The Labute approximate surface area is 189 Å². The molecule has 0 fully saturated rings. The molecular weight excluding hydrogens is 454 g/mol. The van der Waals surface area contributed by atoms with Crippen LogP contribution >= 0.6 is 0 Å². The molecular formula is C23H20F2N2O5S. The number of hydrogen-bond acceptors (Lipinski definition) is 5. The predicted molar refractivity (Wildman–Crippen MR) is 115 cm³/mol. The van der Waals surface area contributed by atoms with Gasteiger partial charge in [0.2, 0.25) is 10.0 Å². The molecule has 0 unspecified atom stereocenters. The van der Waals surface area contributed by atoms with Gasteiger partial charge >= 0.3 is 6.09 Å². The van der Waals surface area contributed by atoms with Crippen LogP contribution in [0.25, 0.3) is 0 Å². The first-order chi connectivity index (χ1) is 15.7. The number of hydrogen-bond donors (Lipinski definition) is 1. The van der Waals surface area contributed by atoms with Crippen molar-refractivity contribution < 1.29 is 31.5 Å². The van der Waals surface area contributed by atoms with Crippen LogP contribution in [-0.4, -0.2) is 25.4 Å². The highest BCUT2D eigenvalue weighted by atomic mass is 32.2. The molecule has 1 amide bonds. The first-order valence-corrected chi connectivity index (χ1v) is 11.4. The third kappa shape index (κ3) is 4.53. The number of nitrogens with zero attached hydrogens (tertiary/aromatic N) is 1. The van der Waals surface area contributed by atoms with Crippen molar-refractivity contribution in [2.45, 2.75) is 24.5 Å². The van der Waals surface area contributed by atoms with Crippen molar-refractivity contribution in [3.05, 3.63) is 89.0 Å². The van der Waals surface area contributed by atoms with Gasteiger partial charge in [-0.05, 0) is 79.1 Å². The van der Waals surface area contributed by atoms with Crippen molar-refractivity contribution in [1.82, 2.24) is 4.31 Å². The zero-order chi connectivity index (χ0) is 23.8. The maximum absolute atomic E-state index is 14.7. The number of fused-ring (bicyclic) bond motifs is 1. The molecule has 0 saturated carbocycles. The van der Waals surface area contributed by atoms with E-state index in [1.165, 1.54) is 54.6 Å². The Morgan fingerprint density at radius 1 is 1.00 bits per heavy atom. The van der Waals surface area contributed by atoms with E-state index < -0.39 is 34.0 Å². The summed E-state index contributed by atoms with van der Waals surface area (Å²) in [6.45, 7) is 1.73. The summed E-state index contributed by atoms with van der Waals surface area (Å²) in [7, 11) is -4.20. The second-order valence-corrected chi connectivity index (χ2v) is 9.33. The van der Waals surface area contributed by atoms with Gasteiger partial charge in [-0.3, -0.25) is 0 Å². The largest absolute Gasteiger partial charge is 0.457 e. The van der Waals surface area contributed by atoms with Crippen LogP contribution < -0.4 is 10.5 Å². The molecule has 0 aromatic heterocycles. The average molecular weight is 474 g/mol. The zero-order valence-electron chi connectivity index (χ0n) is 17.5. The molecule has 7 nitrogen and oxygen atoms in total. The number of halogens is 2. The fourth-order valence-electron chi connectivity index (χ4n) is 3.75. The van der Waals surface area contributed by atoms with Crippen LogP contribution in [0.3, 0.4) is 0 Å². The van der Waals surface area contributed by atoms with E-state index in [-0.39, 0.29) is 23.4 Å². The highest BCUT2D eigenvalue weighted by molar-refractivity contribution is 7.89. The second-order valence-electron chi connectivity index (χ2n) is 7.44. The molecule has 1 atom stereocenters. The number of primary amides is 1. The lowest BCUT2D eigenvalue weighted by molar-refractivity contribution is 0.0268. The minimum Gasteiger partial charge on any atom is -0.457 e. The van der Waals surface area contributed by atoms with Gasteiger partial charge in [-0.25, -0.2) is 22.0 Å². The fraction of sp³-hybridized carbons (Fsp3) is 0.174. The number of nitrogens with two attached hydrogens (primary N) is 1. The first-order valence-electron chi connectivity index (χ1n) is 9.96. The lowest BCUT2D eigenvalue weighted by Crippen LogP contribution is -2.43. The number of amides is 1. The number of carbonyl (C=O) groups is 1. The van der Waals surface area contributed by atoms with E-state index in [9.17, 15) is 22.0 Å². The highest BCUT2D eigenvalue weighted by Crippen LogP contribution is 2.38. The molecule has 0 spiro atoms. The van der Waals surface area contributed by atoms with Crippen LogP contribution in [0.2, 0.25) is 0 Å². The number of ether oxygens (including phenoxy) is 2. The Hall–Kier alpha value is -3.50. The van der Waals surface area contributed by atoms with E-state index in [1.54, 1.807) is 13.0 Å². The molecule has 0 bridgehead atoms. The predicted octanol–water partition coefficient (Wildman–Crippen LogP) is 4.41. The van der Waals surface area contributed by atoms with Crippen molar-refractivity contribution in [2.24, 2.45) is 5.73 Å². The number of benzene rings is 3. The molecule has 3 aromatic rings. The molecule has 0 radical (unpaired) electrons. The van der Waals surface area contributed by atoms with Crippen LogP contribution in [0.4, 0.5) is 13.6 Å². The van der Waals surface area contributed by atoms with E-state index in [0.29, 0.717) is 17.1 Å². The lowest BCUT2D eigenvalue weighted by atomic mass is 9.94. The summed E-state index contributed by atoms with van der Waals surface area (Å²) in [5.41, 5.74) is 6.48. The van der Waals surface area contributed by atoms with Crippen molar-refractivity contribution in [2.75, 3.05) is 6.54 Å². The molecule has 172 valence electrons. The second kappa shape index (κ2) is 8.80. The van der Waals surface area contributed by atoms with Gasteiger partial charge in [-0.1, -0.05) is 6.07 Å². The van der Waals surface area contributed by atoms with E-state index in [2.05, 4.69) is 0 Å². The van der Waals surface area contributed by atoms with Gasteiger partial charge in [0, 0.05) is 12.1 Å². The van der Waals surface area contributed by atoms with E-state index >= 15 is 0 Å². The monoisotopic (exact) mass is 474 g/mol. The molecule has 2 N–H and O–H groups in total. The van der Waals surface area contributed by atoms with Gasteiger partial charge in [0.05, 0.1) is 4.90 Å². The van der Waals surface area contributed by atoms with Crippen LogP contribution in [0.5, 0.6) is 11.5 Å². The van der Waals surface area contributed by atoms with Crippen LogP contribution in [0.1, 0.15) is 22.9 Å². The van der Waals surface area contributed by atoms with Gasteiger partial charge in [-0.15, -0.1) is 0 Å². The number of rotatable bonds is 5. The summed E-state index contributed by atoms with van der Waals surface area (Å²) in [6, 6.07) is 13.6. The summed E-state index contributed by atoms with van der Waals surface area (Å²) in [4.78, 5) is 11.4. The maximum atomic E-state index is 14.7. The van der Waals surface area contributed by atoms with E-state index in [0.717, 1.165) is 9.87 Å². The Bertz CT molecular complexity index is 1300. The van der Waals surface area contributed by atoms with Gasteiger partial charge < -0.3 is 15.2 Å². The molecule has 33 heavy (non-hydrogen) atoms. The SMILES string of the molecule is Cc1ccc(F)c2c1CCN(S(=O)(=O)c1ccc(Oc3ccc(F)cc3)cc1)[C@H]2OC(N)=O. The normalized spacial score (nSPS) is 16.2. The highest BCUT2D eigenvalue weighted by Gasteiger charge is 2.41. The first kappa shape index (κ1) is 22.7. The molecule has 4 rings (SSSR count). The van der Waals surface area contributed by atoms with Crippen molar-refractivity contribution >= 4 is 16.1 Å². The summed E-state index contributed by atoms with van der Waals surface area (Å²) in [5, 5.41) is 0. The maximum Gasteiger partial charge on any atom is 0.406 e. The molecule has 1 aliphatic rings. The van der Waals surface area contributed by atoms with E-state index in [1.807, 2.05) is 0 Å². The summed E-state index contributed by atoms with van der Waals surface area (Å²) in [5.74, 6) is -0.396. The van der Waals surface area contributed by atoms with Gasteiger partial charge in [0.15, 0.2) is 6.23 Å². The van der Waals surface area contributed by atoms with Crippen LogP contribution in [0.15, 0.2) is 65.6 Å². The minimum atomic E-state index is -4.20. The van der Waals surface area contributed by atoms with E-state index in [4.69, 9.17) is 15.2 Å². The standard InChI is InChI=1S/C23H20F2N2O5S/c1-14-2-11-20(25)21-19(14)12-13-27(22(21)32-23(26)28)33(29,30)18-9-7-17(8-10-18)31-16-5-3-15(24)4-6-16/h2-11,22H,12-13H2,1H3,(H2,26,28)/t22-/m0/s1. The van der Waals surface area contributed by atoms with Gasteiger partial charge in [0.25, 0.3) is 0 Å². The van der Waals surface area contributed by atoms with Gasteiger partial charge in [0.1, 0.15) is 23.1 Å². The minimum absolute atomic E-state index is 0.0279. The average Bonchev–Trinajstić information content (AvgIpc) is 2.78. The molecule has 0 aliphatic carbocycles.